The highest BCUT2D eigenvalue weighted by molar-refractivity contribution is 5.81. The minimum atomic E-state index is -0.193. The molecule has 5 heteroatoms. The van der Waals surface area contributed by atoms with Crippen LogP contribution in [0, 0.1) is 0 Å². The lowest BCUT2D eigenvalue weighted by atomic mass is 10.2. The second kappa shape index (κ2) is 8.31. The molecule has 5 nitrogen and oxygen atoms in total. The molecule has 1 aromatic rings. The normalized spacial score (nSPS) is 22.2. The molecule has 1 atom stereocenters. The quantitative estimate of drug-likeness (QED) is 0.828. The van der Waals surface area contributed by atoms with E-state index in [0.717, 1.165) is 63.5 Å². The maximum Gasteiger partial charge on any atom is 0.251 e. The second-order valence-corrected chi connectivity index (χ2v) is 6.27. The Bertz CT molecular complexity index is 574. The van der Waals surface area contributed by atoms with Gasteiger partial charge in [0.25, 0.3) is 5.91 Å². The molecule has 3 rings (SSSR count). The van der Waals surface area contributed by atoms with Crippen molar-refractivity contribution in [2.24, 2.45) is 0 Å². The highest BCUT2D eigenvalue weighted by atomic mass is 16.5. The Morgan fingerprint density at radius 1 is 1.29 bits per heavy atom. The monoisotopic (exact) mass is 330 g/mol. The van der Waals surface area contributed by atoms with Crippen molar-refractivity contribution in [1.82, 2.24) is 9.80 Å². The van der Waals surface area contributed by atoms with Gasteiger partial charge in [-0.25, -0.2) is 0 Å². The van der Waals surface area contributed by atoms with Gasteiger partial charge in [0.15, 0.2) is 0 Å². The third-order valence-electron chi connectivity index (χ3n) is 4.69. The van der Waals surface area contributed by atoms with Gasteiger partial charge >= 0.3 is 0 Å². The van der Waals surface area contributed by atoms with Gasteiger partial charge in [-0.15, -0.1) is 0 Å². The van der Waals surface area contributed by atoms with Crippen LogP contribution in [-0.4, -0.2) is 68.3 Å². The van der Waals surface area contributed by atoms with Crippen LogP contribution < -0.4 is 4.74 Å². The van der Waals surface area contributed by atoms with Gasteiger partial charge in [-0.2, -0.15) is 0 Å². The summed E-state index contributed by atoms with van der Waals surface area (Å²) in [5, 5.41) is 0. The van der Waals surface area contributed by atoms with Crippen LogP contribution in [0.4, 0.5) is 0 Å². The Kier molecular flexibility index (Phi) is 5.88. The van der Waals surface area contributed by atoms with Crippen LogP contribution in [0.1, 0.15) is 18.4 Å². The first-order chi connectivity index (χ1) is 11.8. The summed E-state index contributed by atoms with van der Waals surface area (Å²) in [7, 11) is 1.69. The number of hydrogen-bond donors (Lipinski definition) is 0. The molecule has 0 aromatic heterocycles. The molecule has 0 saturated carbocycles. The Labute approximate surface area is 143 Å². The van der Waals surface area contributed by atoms with Gasteiger partial charge in [-0.3, -0.25) is 9.69 Å². The van der Waals surface area contributed by atoms with Crippen LogP contribution in [0.2, 0.25) is 0 Å². The standard InChI is InChI=1S/C19H26N2O3/c1-23-17-8-3-2-6-16(17)7-4-10-20-11-13-21(14-12-20)19(22)18-9-5-15-24-18/h2-4,6-8,18H,5,9-15H2,1H3/b7-4+/t18-/m1/s1. The number of hydrogen-bond acceptors (Lipinski definition) is 4. The summed E-state index contributed by atoms with van der Waals surface area (Å²) in [5.41, 5.74) is 1.09. The maximum atomic E-state index is 12.3. The highest BCUT2D eigenvalue weighted by Crippen LogP contribution is 2.19. The van der Waals surface area contributed by atoms with E-state index in [-0.39, 0.29) is 12.0 Å². The van der Waals surface area contributed by atoms with E-state index in [4.69, 9.17) is 9.47 Å². The second-order valence-electron chi connectivity index (χ2n) is 6.27. The molecular weight excluding hydrogens is 304 g/mol. The first kappa shape index (κ1) is 17.0. The van der Waals surface area contributed by atoms with E-state index < -0.39 is 0 Å². The first-order valence-electron chi connectivity index (χ1n) is 8.70. The molecule has 0 unspecified atom stereocenters. The van der Waals surface area contributed by atoms with Gasteiger partial charge in [0.1, 0.15) is 11.9 Å². The molecule has 0 aliphatic carbocycles. The number of carbonyl (C=O) groups excluding carboxylic acids is 1. The lowest BCUT2D eigenvalue weighted by molar-refractivity contribution is -0.142. The first-order valence-corrected chi connectivity index (χ1v) is 8.70. The molecule has 130 valence electrons. The lowest BCUT2D eigenvalue weighted by Gasteiger charge is -2.35. The van der Waals surface area contributed by atoms with Crippen molar-refractivity contribution < 1.29 is 14.3 Å². The van der Waals surface area contributed by atoms with Crippen LogP contribution in [0.5, 0.6) is 5.75 Å². The molecular formula is C19H26N2O3. The number of methoxy groups -OCH3 is 1. The average molecular weight is 330 g/mol. The van der Waals surface area contributed by atoms with Crippen molar-refractivity contribution in [2.75, 3.05) is 46.4 Å². The molecule has 0 radical (unpaired) electrons. The molecule has 2 saturated heterocycles. The number of amides is 1. The van der Waals surface area contributed by atoms with Crippen molar-refractivity contribution in [3.05, 3.63) is 35.9 Å². The lowest BCUT2D eigenvalue weighted by Crippen LogP contribution is -2.51. The van der Waals surface area contributed by atoms with Gasteiger partial charge in [-0.1, -0.05) is 30.4 Å². The third-order valence-corrected chi connectivity index (χ3v) is 4.69. The predicted octanol–water partition coefficient (Wildman–Crippen LogP) is 2.03. The fourth-order valence-corrected chi connectivity index (χ4v) is 3.26. The predicted molar refractivity (Wildman–Crippen MR) is 94.0 cm³/mol. The Hall–Kier alpha value is -1.85. The van der Waals surface area contributed by atoms with Crippen LogP contribution >= 0.6 is 0 Å². The fourth-order valence-electron chi connectivity index (χ4n) is 3.26. The number of nitrogens with zero attached hydrogens (tertiary/aromatic N) is 2. The highest BCUT2D eigenvalue weighted by Gasteiger charge is 2.29. The topological polar surface area (TPSA) is 42.0 Å². The van der Waals surface area contributed by atoms with Crippen molar-refractivity contribution in [1.29, 1.82) is 0 Å². The molecule has 2 heterocycles. The summed E-state index contributed by atoms with van der Waals surface area (Å²) in [4.78, 5) is 16.7. The summed E-state index contributed by atoms with van der Waals surface area (Å²) >= 11 is 0. The van der Waals surface area contributed by atoms with E-state index in [9.17, 15) is 4.79 Å². The number of rotatable bonds is 5. The number of piperazine rings is 1. The molecule has 0 N–H and O–H groups in total. The average Bonchev–Trinajstić information content (AvgIpc) is 3.17. The molecule has 0 bridgehead atoms. The van der Waals surface area contributed by atoms with E-state index in [1.165, 1.54) is 0 Å². The zero-order valence-electron chi connectivity index (χ0n) is 14.3. The smallest absolute Gasteiger partial charge is 0.251 e. The van der Waals surface area contributed by atoms with Crippen LogP contribution in [0.3, 0.4) is 0 Å². The zero-order chi connectivity index (χ0) is 16.8. The number of carbonyl (C=O) groups is 1. The van der Waals surface area contributed by atoms with E-state index in [2.05, 4.69) is 17.1 Å². The summed E-state index contributed by atoms with van der Waals surface area (Å²) in [6.45, 7) is 5.02. The minimum absolute atomic E-state index is 0.178. The van der Waals surface area contributed by atoms with Crippen molar-refractivity contribution in [2.45, 2.75) is 18.9 Å². The molecule has 1 amide bonds. The van der Waals surface area contributed by atoms with Crippen molar-refractivity contribution >= 4 is 12.0 Å². The largest absolute Gasteiger partial charge is 0.496 e. The zero-order valence-corrected chi connectivity index (χ0v) is 14.3. The fraction of sp³-hybridized carbons (Fsp3) is 0.526. The summed E-state index contributed by atoms with van der Waals surface area (Å²) in [6, 6.07) is 8.00. The molecule has 2 aliphatic heterocycles. The summed E-state index contributed by atoms with van der Waals surface area (Å²) in [5.74, 6) is 1.07. The van der Waals surface area contributed by atoms with Gasteiger partial charge in [-0.05, 0) is 18.9 Å². The number of ether oxygens (including phenoxy) is 2. The molecule has 24 heavy (non-hydrogen) atoms. The van der Waals surface area contributed by atoms with Gasteiger partial charge in [0, 0.05) is 44.9 Å². The third kappa shape index (κ3) is 4.16. The van der Waals surface area contributed by atoms with Gasteiger partial charge < -0.3 is 14.4 Å². The number of benzene rings is 1. The summed E-state index contributed by atoms with van der Waals surface area (Å²) < 4.78 is 10.9. The van der Waals surface area contributed by atoms with Crippen LogP contribution in [-0.2, 0) is 9.53 Å². The van der Waals surface area contributed by atoms with E-state index in [0.29, 0.717) is 0 Å². The Morgan fingerprint density at radius 3 is 2.79 bits per heavy atom. The number of para-hydroxylation sites is 1. The van der Waals surface area contributed by atoms with Crippen LogP contribution in [0.25, 0.3) is 6.08 Å². The Morgan fingerprint density at radius 2 is 2.08 bits per heavy atom. The molecule has 2 fully saturated rings. The van der Waals surface area contributed by atoms with E-state index in [1.807, 2.05) is 29.2 Å². The Balaban J connectivity index is 1.45. The minimum Gasteiger partial charge on any atom is -0.496 e. The molecule has 2 aliphatic rings. The van der Waals surface area contributed by atoms with Gasteiger partial charge in [0.2, 0.25) is 0 Å². The molecule has 0 spiro atoms. The van der Waals surface area contributed by atoms with Crippen LogP contribution in [0.15, 0.2) is 30.3 Å². The SMILES string of the molecule is COc1ccccc1/C=C/CN1CCN(C(=O)[C@H]2CCCO2)CC1. The van der Waals surface area contributed by atoms with Gasteiger partial charge in [0.05, 0.1) is 7.11 Å². The van der Waals surface area contributed by atoms with E-state index in [1.54, 1.807) is 7.11 Å². The summed E-state index contributed by atoms with van der Waals surface area (Å²) in [6.07, 6.45) is 5.95. The van der Waals surface area contributed by atoms with Crippen molar-refractivity contribution in [3.63, 3.8) is 0 Å². The maximum absolute atomic E-state index is 12.3. The van der Waals surface area contributed by atoms with Crippen molar-refractivity contribution in [3.8, 4) is 5.75 Å². The molecule has 1 aromatic carbocycles. The van der Waals surface area contributed by atoms with E-state index >= 15 is 0 Å².